The molecule has 0 aliphatic carbocycles. The largest absolute Gasteiger partial charge is 0.497 e. The number of pyridine rings is 2. The number of amides is 1. The van der Waals surface area contributed by atoms with Gasteiger partial charge in [0.15, 0.2) is 0 Å². The molecular weight excluding hydrogens is 390 g/mol. The fourth-order valence-electron chi connectivity index (χ4n) is 4.10. The second-order valence-electron chi connectivity index (χ2n) is 7.98. The Kier molecular flexibility index (Phi) is 6.16. The van der Waals surface area contributed by atoms with E-state index in [0.717, 1.165) is 42.7 Å². The smallest absolute Gasteiger partial charge is 0.255 e. The Balaban J connectivity index is 1.51. The number of methoxy groups -OCH3 is 1. The van der Waals surface area contributed by atoms with Gasteiger partial charge in [-0.25, -0.2) is 0 Å². The van der Waals surface area contributed by atoms with Crippen LogP contribution in [0, 0.1) is 0 Å². The summed E-state index contributed by atoms with van der Waals surface area (Å²) in [7, 11) is 3.33. The molecule has 1 fully saturated rings. The summed E-state index contributed by atoms with van der Waals surface area (Å²) >= 11 is 0. The van der Waals surface area contributed by atoms with Gasteiger partial charge in [-0.1, -0.05) is 18.2 Å². The molecule has 3 heterocycles. The van der Waals surface area contributed by atoms with Crippen LogP contribution in [-0.2, 0) is 13.5 Å². The molecule has 0 spiro atoms. The molecule has 1 aliphatic rings. The minimum Gasteiger partial charge on any atom is -0.497 e. The Labute approximate surface area is 182 Å². The third kappa shape index (κ3) is 4.68. The summed E-state index contributed by atoms with van der Waals surface area (Å²) in [4.78, 5) is 31.5. The van der Waals surface area contributed by atoms with Gasteiger partial charge < -0.3 is 14.2 Å². The van der Waals surface area contributed by atoms with E-state index in [-0.39, 0.29) is 17.5 Å². The number of hydrogen-bond donors (Lipinski definition) is 0. The van der Waals surface area contributed by atoms with Gasteiger partial charge in [-0.3, -0.25) is 14.6 Å². The van der Waals surface area contributed by atoms with Crippen molar-refractivity contribution in [3.05, 3.63) is 93.7 Å². The highest BCUT2D eigenvalue weighted by molar-refractivity contribution is 5.94. The number of nitrogens with zero attached hydrogens (tertiary/aromatic N) is 3. The van der Waals surface area contributed by atoms with Gasteiger partial charge in [0, 0.05) is 44.2 Å². The maximum Gasteiger partial charge on any atom is 0.255 e. The Morgan fingerprint density at radius 3 is 2.58 bits per heavy atom. The lowest BCUT2D eigenvalue weighted by Gasteiger charge is -2.36. The molecule has 3 aromatic rings. The maximum absolute atomic E-state index is 13.2. The molecule has 6 nitrogen and oxygen atoms in total. The molecule has 1 unspecified atom stereocenters. The lowest BCUT2D eigenvalue weighted by atomic mass is 9.95. The molecule has 0 bridgehead atoms. The predicted octanol–water partition coefficient (Wildman–Crippen LogP) is 3.75. The maximum atomic E-state index is 13.2. The summed E-state index contributed by atoms with van der Waals surface area (Å²) in [6.45, 7) is 0.708. The zero-order valence-electron chi connectivity index (χ0n) is 18.0. The van der Waals surface area contributed by atoms with Crippen molar-refractivity contribution >= 4 is 5.91 Å². The predicted molar refractivity (Wildman–Crippen MR) is 119 cm³/mol. The molecule has 6 heteroatoms. The molecule has 0 saturated carbocycles. The van der Waals surface area contributed by atoms with E-state index in [1.54, 1.807) is 26.4 Å². The van der Waals surface area contributed by atoms with Crippen LogP contribution in [0.5, 0.6) is 5.75 Å². The Hall–Kier alpha value is -3.41. The van der Waals surface area contributed by atoms with Crippen molar-refractivity contribution in [3.8, 4) is 5.75 Å². The zero-order valence-corrected chi connectivity index (χ0v) is 18.0. The van der Waals surface area contributed by atoms with Crippen LogP contribution in [-0.4, -0.2) is 34.0 Å². The number of ether oxygens (including phenoxy) is 1. The van der Waals surface area contributed by atoms with E-state index < -0.39 is 0 Å². The van der Waals surface area contributed by atoms with Crippen molar-refractivity contribution in [1.82, 2.24) is 14.5 Å². The highest BCUT2D eigenvalue weighted by Crippen LogP contribution is 2.32. The Morgan fingerprint density at radius 1 is 1.10 bits per heavy atom. The number of rotatable bonds is 5. The van der Waals surface area contributed by atoms with Gasteiger partial charge in [0.25, 0.3) is 5.91 Å². The standard InChI is InChI=1S/C25H27N3O3/c1-27-17-20(9-13-24(27)29)25(30)28-14-4-3-5-23(28)19-8-10-21(26-16-19)15-18-6-11-22(31-2)12-7-18/h6-13,16-17,23H,3-5,14-15H2,1-2H3. The van der Waals surface area contributed by atoms with E-state index in [0.29, 0.717) is 12.1 Å². The molecule has 1 aromatic carbocycles. The average Bonchev–Trinajstić information content (AvgIpc) is 2.81. The number of likely N-dealkylation sites (tertiary alicyclic amines) is 1. The summed E-state index contributed by atoms with van der Waals surface area (Å²) in [5.74, 6) is 0.801. The lowest BCUT2D eigenvalue weighted by molar-refractivity contribution is 0.0610. The van der Waals surface area contributed by atoms with E-state index in [1.807, 2.05) is 41.4 Å². The minimum atomic E-state index is -0.122. The highest BCUT2D eigenvalue weighted by atomic mass is 16.5. The van der Waals surface area contributed by atoms with Crippen LogP contribution < -0.4 is 10.3 Å². The number of aromatic nitrogens is 2. The molecule has 1 atom stereocenters. The van der Waals surface area contributed by atoms with Gasteiger partial charge in [0.1, 0.15) is 5.75 Å². The number of aryl methyl sites for hydroxylation is 1. The van der Waals surface area contributed by atoms with Gasteiger partial charge in [-0.05, 0) is 54.7 Å². The van der Waals surface area contributed by atoms with E-state index in [1.165, 1.54) is 16.2 Å². The van der Waals surface area contributed by atoms with Crippen LogP contribution in [0.4, 0.5) is 0 Å². The van der Waals surface area contributed by atoms with Crippen molar-refractivity contribution in [2.24, 2.45) is 7.05 Å². The molecule has 160 valence electrons. The van der Waals surface area contributed by atoms with Crippen molar-refractivity contribution in [1.29, 1.82) is 0 Å². The van der Waals surface area contributed by atoms with Crippen LogP contribution in [0.3, 0.4) is 0 Å². The summed E-state index contributed by atoms with van der Waals surface area (Å²) in [5, 5.41) is 0. The summed E-state index contributed by atoms with van der Waals surface area (Å²) < 4.78 is 6.66. The number of carbonyl (C=O) groups excluding carboxylic acids is 1. The topological polar surface area (TPSA) is 64.4 Å². The second-order valence-corrected chi connectivity index (χ2v) is 7.98. The molecule has 1 aliphatic heterocycles. The zero-order chi connectivity index (χ0) is 21.8. The first-order valence-corrected chi connectivity index (χ1v) is 10.6. The fraction of sp³-hybridized carbons (Fsp3) is 0.320. The molecule has 1 amide bonds. The van der Waals surface area contributed by atoms with E-state index in [4.69, 9.17) is 4.74 Å². The van der Waals surface area contributed by atoms with Crippen molar-refractivity contribution in [2.75, 3.05) is 13.7 Å². The monoisotopic (exact) mass is 417 g/mol. The van der Waals surface area contributed by atoms with Crippen LogP contribution in [0.2, 0.25) is 0 Å². The van der Waals surface area contributed by atoms with Crippen LogP contribution >= 0.6 is 0 Å². The third-order valence-corrected chi connectivity index (χ3v) is 5.87. The molecule has 0 N–H and O–H groups in total. The number of hydrogen-bond acceptors (Lipinski definition) is 4. The van der Waals surface area contributed by atoms with Crippen molar-refractivity contribution in [3.63, 3.8) is 0 Å². The Bertz CT molecular complexity index is 1100. The normalized spacial score (nSPS) is 16.2. The second kappa shape index (κ2) is 9.16. The number of piperidine rings is 1. The van der Waals surface area contributed by atoms with E-state index in [9.17, 15) is 9.59 Å². The quantitative estimate of drug-likeness (QED) is 0.634. The van der Waals surface area contributed by atoms with Crippen molar-refractivity contribution in [2.45, 2.75) is 31.7 Å². The van der Waals surface area contributed by atoms with Crippen LogP contribution in [0.25, 0.3) is 0 Å². The summed E-state index contributed by atoms with van der Waals surface area (Å²) in [5.41, 5.74) is 3.63. The van der Waals surface area contributed by atoms with Gasteiger partial charge in [0.05, 0.1) is 18.7 Å². The minimum absolute atomic E-state index is 0.000945. The molecule has 31 heavy (non-hydrogen) atoms. The number of carbonyl (C=O) groups is 1. The van der Waals surface area contributed by atoms with Crippen molar-refractivity contribution < 1.29 is 9.53 Å². The first kappa shape index (κ1) is 20.8. The first-order chi connectivity index (χ1) is 15.0. The highest BCUT2D eigenvalue weighted by Gasteiger charge is 2.29. The SMILES string of the molecule is COc1ccc(Cc2ccc(C3CCCCN3C(=O)c3ccc(=O)n(C)c3)cn2)cc1. The average molecular weight is 418 g/mol. The third-order valence-electron chi connectivity index (χ3n) is 5.87. The van der Waals surface area contributed by atoms with Gasteiger partial charge in [0.2, 0.25) is 5.56 Å². The molecule has 4 rings (SSSR count). The van der Waals surface area contributed by atoms with Gasteiger partial charge in [-0.2, -0.15) is 0 Å². The number of benzene rings is 1. The van der Waals surface area contributed by atoms with Crippen LogP contribution in [0.15, 0.2) is 65.7 Å². The fourth-order valence-corrected chi connectivity index (χ4v) is 4.10. The molecular formula is C25H27N3O3. The molecule has 1 saturated heterocycles. The lowest BCUT2D eigenvalue weighted by Crippen LogP contribution is -2.39. The summed E-state index contributed by atoms with van der Waals surface area (Å²) in [6, 6.07) is 15.2. The van der Waals surface area contributed by atoms with E-state index in [2.05, 4.69) is 11.1 Å². The Morgan fingerprint density at radius 2 is 1.90 bits per heavy atom. The van der Waals surface area contributed by atoms with Crippen LogP contribution in [0.1, 0.15) is 52.5 Å². The van der Waals surface area contributed by atoms with E-state index >= 15 is 0 Å². The summed E-state index contributed by atoms with van der Waals surface area (Å²) in [6.07, 6.45) is 7.24. The van der Waals surface area contributed by atoms with Gasteiger partial charge >= 0.3 is 0 Å². The first-order valence-electron chi connectivity index (χ1n) is 10.6. The van der Waals surface area contributed by atoms with Gasteiger partial charge in [-0.15, -0.1) is 0 Å². The molecule has 2 aromatic heterocycles. The molecule has 0 radical (unpaired) electrons.